The van der Waals surface area contributed by atoms with E-state index in [0.29, 0.717) is 39.0 Å². The minimum Gasteiger partial charge on any atom is -0.490 e. The number of fused-ring (bicyclic) bond motifs is 2. The Labute approximate surface area is 153 Å². The van der Waals surface area contributed by atoms with Gasteiger partial charge in [0.15, 0.2) is 11.6 Å². The van der Waals surface area contributed by atoms with Crippen LogP contribution < -0.4 is 10.1 Å². The summed E-state index contributed by atoms with van der Waals surface area (Å²) in [5, 5.41) is 3.46. The first-order chi connectivity index (χ1) is 12.5. The molecule has 3 aliphatic rings. The highest BCUT2D eigenvalue weighted by atomic mass is 32.2. The van der Waals surface area contributed by atoms with Crippen LogP contribution >= 0.6 is 0 Å². The van der Waals surface area contributed by atoms with E-state index in [1.165, 1.54) is 16.4 Å². The minimum atomic E-state index is -3.70. The number of benzene rings is 1. The Morgan fingerprint density at radius 1 is 1.23 bits per heavy atom. The van der Waals surface area contributed by atoms with Crippen LogP contribution in [0.5, 0.6) is 5.75 Å². The fraction of sp³-hybridized carbons (Fsp3) is 0.667. The molecule has 0 amide bonds. The van der Waals surface area contributed by atoms with Crippen LogP contribution in [0.4, 0.5) is 4.39 Å². The third-order valence-corrected chi connectivity index (χ3v) is 7.39. The third-order valence-electron chi connectivity index (χ3n) is 5.53. The predicted molar refractivity (Wildman–Crippen MR) is 94.1 cm³/mol. The predicted octanol–water partition coefficient (Wildman–Crippen LogP) is 1.76. The van der Waals surface area contributed by atoms with E-state index in [2.05, 4.69) is 5.32 Å². The van der Waals surface area contributed by atoms with Crippen molar-refractivity contribution >= 4 is 10.0 Å². The smallest absolute Gasteiger partial charge is 0.243 e. The van der Waals surface area contributed by atoms with Crippen LogP contribution in [0, 0.1) is 11.7 Å². The largest absolute Gasteiger partial charge is 0.490 e. The number of halogens is 1. The van der Waals surface area contributed by atoms with Gasteiger partial charge in [0.2, 0.25) is 10.0 Å². The van der Waals surface area contributed by atoms with Gasteiger partial charge in [-0.3, -0.25) is 0 Å². The summed E-state index contributed by atoms with van der Waals surface area (Å²) in [6, 6.07) is 4.52. The molecule has 3 aliphatic heterocycles. The molecule has 1 N–H and O–H groups in total. The molecule has 3 saturated heterocycles. The zero-order valence-corrected chi connectivity index (χ0v) is 15.5. The molecule has 2 bridgehead atoms. The van der Waals surface area contributed by atoms with Crippen LogP contribution in [0.2, 0.25) is 0 Å². The lowest BCUT2D eigenvalue weighted by molar-refractivity contribution is 0.165. The topological polar surface area (TPSA) is 67.9 Å². The number of sulfonamides is 1. The lowest BCUT2D eigenvalue weighted by Gasteiger charge is -2.23. The van der Waals surface area contributed by atoms with Gasteiger partial charge in [-0.05, 0) is 43.9 Å². The Bertz CT molecular complexity index is 752. The second-order valence-electron chi connectivity index (χ2n) is 7.42. The van der Waals surface area contributed by atoms with Crippen molar-refractivity contribution in [1.82, 2.24) is 9.62 Å². The summed E-state index contributed by atoms with van der Waals surface area (Å²) in [6.07, 6.45) is 3.79. The second-order valence-corrected chi connectivity index (χ2v) is 9.36. The van der Waals surface area contributed by atoms with Gasteiger partial charge in [0.25, 0.3) is 0 Å². The lowest BCUT2D eigenvalue weighted by atomic mass is 10.1. The van der Waals surface area contributed by atoms with Crippen LogP contribution in [-0.4, -0.2) is 57.7 Å². The Morgan fingerprint density at radius 2 is 2.08 bits per heavy atom. The average Bonchev–Trinajstić information content (AvgIpc) is 3.22. The van der Waals surface area contributed by atoms with Gasteiger partial charge in [0, 0.05) is 37.7 Å². The van der Waals surface area contributed by atoms with E-state index in [1.807, 2.05) is 0 Å². The van der Waals surface area contributed by atoms with Crippen molar-refractivity contribution in [2.45, 2.75) is 42.7 Å². The summed E-state index contributed by atoms with van der Waals surface area (Å²) in [4.78, 5) is -0.00989. The lowest BCUT2D eigenvalue weighted by Crippen LogP contribution is -2.39. The molecule has 8 heteroatoms. The highest BCUT2D eigenvalue weighted by Crippen LogP contribution is 2.28. The van der Waals surface area contributed by atoms with Crippen molar-refractivity contribution in [2.75, 3.05) is 32.9 Å². The van der Waals surface area contributed by atoms with Gasteiger partial charge in [0.05, 0.1) is 18.1 Å². The molecular weight excluding hydrogens is 359 g/mol. The summed E-state index contributed by atoms with van der Waals surface area (Å²) in [7, 11) is -3.70. The van der Waals surface area contributed by atoms with Gasteiger partial charge in [-0.1, -0.05) is 0 Å². The SMILES string of the molecule is O=S(=O)(c1ccc(OCC2CCOC2)c(F)c1)N1CCC2CCC(C1)N2. The molecule has 0 aliphatic carbocycles. The molecule has 3 atom stereocenters. The van der Waals surface area contributed by atoms with E-state index >= 15 is 0 Å². The quantitative estimate of drug-likeness (QED) is 0.838. The molecule has 3 unspecified atom stereocenters. The summed E-state index contributed by atoms with van der Waals surface area (Å²) in [5.74, 6) is -0.287. The van der Waals surface area contributed by atoms with Crippen LogP contribution in [0.1, 0.15) is 25.7 Å². The molecule has 144 valence electrons. The van der Waals surface area contributed by atoms with Gasteiger partial charge in [-0.2, -0.15) is 4.31 Å². The van der Waals surface area contributed by atoms with E-state index in [0.717, 1.165) is 31.7 Å². The summed E-state index contributed by atoms with van der Waals surface area (Å²) in [6.45, 7) is 2.63. The van der Waals surface area contributed by atoms with E-state index in [1.54, 1.807) is 0 Å². The van der Waals surface area contributed by atoms with Crippen molar-refractivity contribution in [3.8, 4) is 5.75 Å². The van der Waals surface area contributed by atoms with Crippen molar-refractivity contribution in [3.05, 3.63) is 24.0 Å². The zero-order valence-electron chi connectivity index (χ0n) is 14.7. The van der Waals surface area contributed by atoms with E-state index in [-0.39, 0.29) is 22.6 Å². The second kappa shape index (κ2) is 7.42. The third kappa shape index (κ3) is 3.74. The number of rotatable bonds is 5. The number of nitrogens with one attached hydrogen (secondary N) is 1. The average molecular weight is 384 g/mol. The molecular formula is C18H25FN2O4S. The normalized spacial score (nSPS) is 29.7. The molecule has 0 radical (unpaired) electrons. The van der Waals surface area contributed by atoms with Crippen LogP contribution in [0.25, 0.3) is 0 Å². The number of hydrogen-bond acceptors (Lipinski definition) is 5. The zero-order chi connectivity index (χ0) is 18.1. The maximum atomic E-state index is 14.4. The summed E-state index contributed by atoms with van der Waals surface area (Å²) >= 11 is 0. The van der Waals surface area contributed by atoms with Crippen LogP contribution in [0.3, 0.4) is 0 Å². The fourth-order valence-electron chi connectivity index (χ4n) is 3.96. The van der Waals surface area contributed by atoms with Crippen molar-refractivity contribution in [1.29, 1.82) is 0 Å². The summed E-state index contributed by atoms with van der Waals surface area (Å²) in [5.41, 5.74) is 0. The molecule has 0 saturated carbocycles. The Kier molecular flexibility index (Phi) is 5.18. The molecule has 3 heterocycles. The standard InChI is InChI=1S/C18H25FN2O4S/c19-17-9-16(3-4-18(17)25-12-13-6-8-24-11-13)26(22,23)21-7-5-14-1-2-15(10-21)20-14/h3-4,9,13-15,20H,1-2,5-8,10-12H2. The van der Waals surface area contributed by atoms with Gasteiger partial charge >= 0.3 is 0 Å². The van der Waals surface area contributed by atoms with E-state index < -0.39 is 15.8 Å². The van der Waals surface area contributed by atoms with Crippen LogP contribution in [-0.2, 0) is 14.8 Å². The minimum absolute atomic E-state index is 0.00989. The Hall–Kier alpha value is -1.22. The van der Waals surface area contributed by atoms with Crippen LogP contribution in [0.15, 0.2) is 23.1 Å². The van der Waals surface area contributed by atoms with Gasteiger partial charge in [-0.15, -0.1) is 0 Å². The molecule has 3 fully saturated rings. The first-order valence-corrected chi connectivity index (χ1v) is 10.7. The van der Waals surface area contributed by atoms with Gasteiger partial charge in [-0.25, -0.2) is 12.8 Å². The van der Waals surface area contributed by atoms with E-state index in [9.17, 15) is 12.8 Å². The van der Waals surface area contributed by atoms with Crippen molar-refractivity contribution in [3.63, 3.8) is 0 Å². The molecule has 0 spiro atoms. The summed E-state index contributed by atoms with van der Waals surface area (Å²) < 4.78 is 52.5. The highest BCUT2D eigenvalue weighted by molar-refractivity contribution is 7.89. The molecule has 0 aromatic heterocycles. The molecule has 1 aromatic carbocycles. The molecule has 6 nitrogen and oxygen atoms in total. The monoisotopic (exact) mass is 384 g/mol. The Morgan fingerprint density at radius 3 is 2.85 bits per heavy atom. The van der Waals surface area contributed by atoms with E-state index in [4.69, 9.17) is 9.47 Å². The first-order valence-electron chi connectivity index (χ1n) is 9.28. The van der Waals surface area contributed by atoms with Crippen molar-refractivity contribution in [2.24, 2.45) is 5.92 Å². The number of hydrogen-bond donors (Lipinski definition) is 1. The van der Waals surface area contributed by atoms with Gasteiger partial charge in [0.1, 0.15) is 0 Å². The maximum absolute atomic E-state index is 14.4. The molecule has 4 rings (SSSR count). The van der Waals surface area contributed by atoms with Gasteiger partial charge < -0.3 is 14.8 Å². The highest BCUT2D eigenvalue weighted by Gasteiger charge is 2.35. The maximum Gasteiger partial charge on any atom is 0.243 e. The fourth-order valence-corrected chi connectivity index (χ4v) is 5.47. The molecule has 1 aromatic rings. The molecule has 26 heavy (non-hydrogen) atoms. The number of nitrogens with zero attached hydrogens (tertiary/aromatic N) is 1. The first kappa shape index (κ1) is 18.2. The van der Waals surface area contributed by atoms with Crippen molar-refractivity contribution < 1.29 is 22.3 Å². The Balaban J connectivity index is 1.46. The number of ether oxygens (including phenoxy) is 2.